The minimum Gasteiger partial charge on any atom is -0.493 e. The summed E-state index contributed by atoms with van der Waals surface area (Å²) in [7, 11) is 8.73. The molecule has 2 aromatic rings. The normalized spacial score (nSPS) is 15.7. The van der Waals surface area contributed by atoms with Gasteiger partial charge in [-0.3, -0.25) is 4.79 Å². The molecule has 0 aromatic heterocycles. The number of hydrogen-bond acceptors (Lipinski definition) is 6. The number of rotatable bonds is 11. The van der Waals surface area contributed by atoms with Crippen molar-refractivity contribution in [2.24, 2.45) is 5.92 Å². The van der Waals surface area contributed by atoms with Gasteiger partial charge in [0, 0.05) is 18.9 Å². The van der Waals surface area contributed by atoms with Gasteiger partial charge in [-0.15, -0.1) is 0 Å². The third kappa shape index (κ3) is 6.41. The molecule has 0 spiro atoms. The van der Waals surface area contributed by atoms with Crippen LogP contribution in [0.5, 0.6) is 23.0 Å². The van der Waals surface area contributed by atoms with E-state index in [1.807, 2.05) is 24.3 Å². The molecule has 0 heterocycles. The second kappa shape index (κ2) is 11.9. The summed E-state index contributed by atoms with van der Waals surface area (Å²) in [6.07, 6.45) is 5.18. The van der Waals surface area contributed by atoms with E-state index in [1.165, 1.54) is 11.1 Å². The minimum atomic E-state index is 0.119. The van der Waals surface area contributed by atoms with Gasteiger partial charge in [0.25, 0.3) is 0 Å². The molecule has 1 aliphatic carbocycles. The Bertz CT molecular complexity index is 942. The van der Waals surface area contributed by atoms with Gasteiger partial charge in [-0.05, 0) is 86.7 Å². The lowest BCUT2D eigenvalue weighted by molar-refractivity contribution is -0.122. The summed E-state index contributed by atoms with van der Waals surface area (Å²) in [6, 6.07) is 10.1. The predicted molar refractivity (Wildman–Crippen MR) is 130 cm³/mol. The molecule has 0 saturated carbocycles. The molecule has 0 amide bonds. The standard InChI is InChI=1S/C27H37NO5/c1-28(14-12-19-8-11-24(30-2)25(15-19)31-3)13-6-7-20-9-10-21-17-26(32-4)27(33-5)18-22(21)16-23(20)29/h8,11,15,17-18,20H,6-7,9-10,12-14,16H2,1-5H3. The van der Waals surface area contributed by atoms with Crippen LogP contribution >= 0.6 is 0 Å². The summed E-state index contributed by atoms with van der Waals surface area (Å²) in [5.74, 6) is 3.40. The van der Waals surface area contributed by atoms with Crippen LogP contribution < -0.4 is 18.9 Å². The van der Waals surface area contributed by atoms with Crippen LogP contribution in [0.3, 0.4) is 0 Å². The lowest BCUT2D eigenvalue weighted by Crippen LogP contribution is -2.24. The maximum atomic E-state index is 12.9. The molecular formula is C27H37NO5. The molecule has 0 bridgehead atoms. The van der Waals surface area contributed by atoms with Crippen molar-refractivity contribution in [3.8, 4) is 23.0 Å². The zero-order valence-corrected chi connectivity index (χ0v) is 20.6. The number of benzene rings is 2. The van der Waals surface area contributed by atoms with E-state index >= 15 is 0 Å². The highest BCUT2D eigenvalue weighted by atomic mass is 16.5. The maximum absolute atomic E-state index is 12.9. The van der Waals surface area contributed by atoms with E-state index < -0.39 is 0 Å². The van der Waals surface area contributed by atoms with Gasteiger partial charge in [-0.1, -0.05) is 6.07 Å². The number of carbonyl (C=O) groups is 1. The third-order valence-corrected chi connectivity index (χ3v) is 6.61. The number of hydrogen-bond donors (Lipinski definition) is 0. The van der Waals surface area contributed by atoms with Crippen LogP contribution in [-0.4, -0.2) is 59.3 Å². The first kappa shape index (κ1) is 24.9. The van der Waals surface area contributed by atoms with Gasteiger partial charge in [0.05, 0.1) is 28.4 Å². The Kier molecular flexibility index (Phi) is 9.01. The largest absolute Gasteiger partial charge is 0.493 e. The van der Waals surface area contributed by atoms with Crippen LogP contribution in [0.25, 0.3) is 0 Å². The number of aryl methyl sites for hydroxylation is 1. The number of fused-ring (bicyclic) bond motifs is 1. The quantitative estimate of drug-likeness (QED) is 0.470. The Morgan fingerprint density at radius 2 is 1.48 bits per heavy atom. The zero-order valence-electron chi connectivity index (χ0n) is 20.6. The van der Waals surface area contributed by atoms with Crippen molar-refractivity contribution in [3.05, 3.63) is 47.0 Å². The van der Waals surface area contributed by atoms with Crippen molar-refractivity contribution < 1.29 is 23.7 Å². The fraction of sp³-hybridized carbons (Fsp3) is 0.519. The van der Waals surface area contributed by atoms with Gasteiger partial charge in [0.2, 0.25) is 0 Å². The number of methoxy groups -OCH3 is 4. The second-order valence-electron chi connectivity index (χ2n) is 8.74. The summed E-state index contributed by atoms with van der Waals surface area (Å²) in [6.45, 7) is 1.94. The van der Waals surface area contributed by atoms with Crippen molar-refractivity contribution in [1.82, 2.24) is 4.90 Å². The Labute approximate surface area is 197 Å². The van der Waals surface area contributed by atoms with Gasteiger partial charge >= 0.3 is 0 Å². The lowest BCUT2D eigenvalue weighted by atomic mass is 9.93. The first-order valence-corrected chi connectivity index (χ1v) is 11.6. The second-order valence-corrected chi connectivity index (χ2v) is 8.74. The van der Waals surface area contributed by atoms with Crippen LogP contribution in [0, 0.1) is 5.92 Å². The average Bonchev–Trinajstić information content (AvgIpc) is 2.99. The van der Waals surface area contributed by atoms with E-state index in [4.69, 9.17) is 18.9 Å². The summed E-state index contributed by atoms with van der Waals surface area (Å²) in [4.78, 5) is 15.3. The molecule has 3 rings (SSSR count). The van der Waals surface area contributed by atoms with E-state index in [9.17, 15) is 4.79 Å². The molecule has 6 heteroatoms. The molecular weight excluding hydrogens is 418 g/mol. The van der Waals surface area contributed by atoms with Gasteiger partial charge < -0.3 is 23.8 Å². The highest BCUT2D eigenvalue weighted by Crippen LogP contribution is 2.34. The van der Waals surface area contributed by atoms with Crippen molar-refractivity contribution >= 4 is 5.78 Å². The number of Topliss-reactive ketones (excluding diaryl/α,β-unsaturated/α-hetero) is 1. The van der Waals surface area contributed by atoms with Gasteiger partial charge in [0.15, 0.2) is 23.0 Å². The molecule has 0 aliphatic heterocycles. The van der Waals surface area contributed by atoms with E-state index in [2.05, 4.69) is 18.0 Å². The van der Waals surface area contributed by atoms with E-state index in [0.717, 1.165) is 68.0 Å². The van der Waals surface area contributed by atoms with Crippen molar-refractivity contribution in [3.63, 3.8) is 0 Å². The Morgan fingerprint density at radius 3 is 2.15 bits per heavy atom. The molecule has 180 valence electrons. The molecule has 0 N–H and O–H groups in total. The molecule has 6 nitrogen and oxygen atoms in total. The molecule has 1 unspecified atom stereocenters. The number of ketones is 1. The highest BCUT2D eigenvalue weighted by molar-refractivity contribution is 5.84. The molecule has 0 saturated heterocycles. The van der Waals surface area contributed by atoms with Gasteiger partial charge in [-0.25, -0.2) is 0 Å². The number of nitrogens with zero attached hydrogens (tertiary/aromatic N) is 1. The SMILES string of the molecule is COc1ccc(CCN(C)CCCC2CCc3cc(OC)c(OC)cc3CC2=O)cc1OC. The van der Waals surface area contributed by atoms with Crippen LogP contribution in [0.15, 0.2) is 30.3 Å². The smallest absolute Gasteiger partial charge is 0.161 e. The predicted octanol–water partition coefficient (Wildman–Crippen LogP) is 4.35. The molecule has 33 heavy (non-hydrogen) atoms. The topological polar surface area (TPSA) is 57.2 Å². The van der Waals surface area contributed by atoms with Crippen molar-refractivity contribution in [1.29, 1.82) is 0 Å². The Hall–Kier alpha value is -2.73. The Morgan fingerprint density at radius 1 is 0.848 bits per heavy atom. The number of ether oxygens (including phenoxy) is 4. The summed E-state index contributed by atoms with van der Waals surface area (Å²) >= 11 is 0. The Balaban J connectivity index is 1.48. The summed E-state index contributed by atoms with van der Waals surface area (Å²) in [5, 5.41) is 0. The van der Waals surface area contributed by atoms with Crippen LogP contribution in [0.4, 0.5) is 0 Å². The fourth-order valence-electron chi connectivity index (χ4n) is 4.56. The summed E-state index contributed by atoms with van der Waals surface area (Å²) < 4.78 is 21.6. The van der Waals surface area contributed by atoms with Gasteiger partial charge in [0.1, 0.15) is 5.78 Å². The molecule has 1 atom stereocenters. The van der Waals surface area contributed by atoms with Crippen molar-refractivity contribution in [2.75, 3.05) is 48.6 Å². The first-order valence-electron chi connectivity index (χ1n) is 11.6. The fourth-order valence-corrected chi connectivity index (χ4v) is 4.56. The van der Waals surface area contributed by atoms with Crippen LogP contribution in [0.1, 0.15) is 36.0 Å². The van der Waals surface area contributed by atoms with E-state index in [1.54, 1.807) is 28.4 Å². The van der Waals surface area contributed by atoms with E-state index in [-0.39, 0.29) is 5.92 Å². The first-order chi connectivity index (χ1) is 16.0. The maximum Gasteiger partial charge on any atom is 0.161 e. The van der Waals surface area contributed by atoms with Crippen LogP contribution in [0.2, 0.25) is 0 Å². The summed E-state index contributed by atoms with van der Waals surface area (Å²) in [5.41, 5.74) is 3.50. The van der Waals surface area contributed by atoms with Gasteiger partial charge in [-0.2, -0.15) is 0 Å². The highest BCUT2D eigenvalue weighted by Gasteiger charge is 2.25. The number of carbonyl (C=O) groups excluding carboxylic acids is 1. The molecule has 2 aromatic carbocycles. The van der Waals surface area contributed by atoms with Crippen molar-refractivity contribution in [2.45, 2.75) is 38.5 Å². The minimum absolute atomic E-state index is 0.119. The lowest BCUT2D eigenvalue weighted by Gasteiger charge is -2.19. The monoisotopic (exact) mass is 455 g/mol. The van der Waals surface area contributed by atoms with E-state index in [0.29, 0.717) is 18.0 Å². The zero-order chi connectivity index (χ0) is 23.8. The molecule has 0 radical (unpaired) electrons. The van der Waals surface area contributed by atoms with Crippen LogP contribution in [-0.2, 0) is 24.1 Å². The molecule has 0 fully saturated rings. The molecule has 1 aliphatic rings. The number of likely N-dealkylation sites (N-methyl/N-ethyl adjacent to an activating group) is 1. The average molecular weight is 456 g/mol. The third-order valence-electron chi connectivity index (χ3n) is 6.61.